The van der Waals surface area contributed by atoms with Crippen LogP contribution in [0.2, 0.25) is 0 Å². The van der Waals surface area contributed by atoms with Gasteiger partial charge in [0.15, 0.2) is 30.0 Å². The Hall–Kier alpha value is -7.14. The van der Waals surface area contributed by atoms with Crippen molar-refractivity contribution in [2.75, 3.05) is 13.2 Å². The lowest BCUT2D eigenvalue weighted by Gasteiger charge is -2.67. The van der Waals surface area contributed by atoms with Gasteiger partial charge in [-0.1, -0.05) is 0 Å². The van der Waals surface area contributed by atoms with E-state index in [1.807, 2.05) is 0 Å². The topological polar surface area (TPSA) is 305 Å². The van der Waals surface area contributed by atoms with Crippen molar-refractivity contribution in [2.24, 2.45) is 11.3 Å². The predicted molar refractivity (Wildman–Crippen MR) is 221 cm³/mol. The van der Waals surface area contributed by atoms with Gasteiger partial charge in [-0.2, -0.15) is 0 Å². The first kappa shape index (κ1) is 49.8. The molecule has 69 heavy (non-hydrogen) atoms. The number of nitrogens with zero attached hydrogens (tertiary/aromatic N) is 1. The molecule has 1 unspecified atom stereocenters. The second kappa shape index (κ2) is 18.4. The van der Waals surface area contributed by atoms with Gasteiger partial charge in [0.05, 0.1) is 40.8 Å². The maximum Gasteiger partial charge on any atom is 0.350 e. The number of furan rings is 2. The maximum absolute atomic E-state index is 15.3. The molecule has 1 spiro atoms. The molecule has 2 aliphatic carbocycles. The lowest BCUT2D eigenvalue weighted by molar-refractivity contribution is -0.386. The molecule has 5 heterocycles. The van der Waals surface area contributed by atoms with Crippen LogP contribution >= 0.6 is 0 Å². The molecular formula is C46H49NO22. The number of ether oxygens (including phenoxy) is 10. The van der Waals surface area contributed by atoms with Crippen LogP contribution < -0.4 is 0 Å². The zero-order chi connectivity index (χ0) is 50.4. The van der Waals surface area contributed by atoms with E-state index in [2.05, 4.69) is 4.98 Å². The molecule has 3 fully saturated rings. The molecular weight excluding hydrogens is 918 g/mol. The van der Waals surface area contributed by atoms with Crippen LogP contribution in [0.25, 0.3) is 0 Å². The Kier molecular flexibility index (Phi) is 13.3. The van der Waals surface area contributed by atoms with E-state index in [1.54, 1.807) is 0 Å². The van der Waals surface area contributed by atoms with E-state index < -0.39 is 144 Å². The van der Waals surface area contributed by atoms with Gasteiger partial charge in [-0.05, 0) is 51.5 Å². The number of aryl methyl sites for hydroxylation is 1. The average Bonchev–Trinajstić information content (AvgIpc) is 4.05. The maximum atomic E-state index is 15.3. The van der Waals surface area contributed by atoms with Gasteiger partial charge in [-0.15, -0.1) is 0 Å². The molecule has 4 bridgehead atoms. The van der Waals surface area contributed by atoms with Gasteiger partial charge in [-0.3, -0.25) is 29.0 Å². The fourth-order valence-corrected chi connectivity index (χ4v) is 10.3. The summed E-state index contributed by atoms with van der Waals surface area (Å²) in [5, 5.41) is 13.9. The Bertz CT molecular complexity index is 2530. The second-order valence-corrected chi connectivity index (χ2v) is 17.7. The molecule has 12 atom stereocenters. The van der Waals surface area contributed by atoms with Crippen LogP contribution in [0.1, 0.15) is 98.6 Å². The normalized spacial score (nSPS) is 33.7. The highest BCUT2D eigenvalue weighted by Crippen LogP contribution is 2.70. The molecule has 2 saturated carbocycles. The van der Waals surface area contributed by atoms with Crippen molar-refractivity contribution in [3.63, 3.8) is 0 Å². The highest BCUT2D eigenvalue weighted by Gasteiger charge is 2.92. The Labute approximate surface area is 392 Å². The first-order valence-electron chi connectivity index (χ1n) is 21.5. The van der Waals surface area contributed by atoms with Crippen LogP contribution in [0, 0.1) is 11.3 Å². The van der Waals surface area contributed by atoms with Crippen molar-refractivity contribution in [3.05, 3.63) is 77.9 Å². The molecule has 0 aromatic carbocycles. The molecule has 3 aromatic heterocycles. The summed E-state index contributed by atoms with van der Waals surface area (Å²) >= 11 is 0. The highest BCUT2D eigenvalue weighted by atomic mass is 16.7. The van der Waals surface area contributed by atoms with E-state index in [0.29, 0.717) is 0 Å². The average molecular weight is 968 g/mol. The van der Waals surface area contributed by atoms with Crippen molar-refractivity contribution in [3.8, 4) is 0 Å². The molecule has 0 amide bonds. The number of hydrogen-bond acceptors (Lipinski definition) is 23. The summed E-state index contributed by atoms with van der Waals surface area (Å²) in [4.78, 5) is 129. The SMILES string of the molecule is CC(=O)OC[C@]12[C@H](OC(C)=O)C(OC(C)=O)[C@@H]3[C@@H](OC(C)=O)[C@@]14O[C@@]3(C)COC(=O)c1cccnc1CC[C@@](C)(OC(=O)c1ccoc1)C(=O)O[C@@H]([C@H](OC(=O)c1ccoc1)[C@@H]2OC(C)=O)[C@]4(C)O. The first-order valence-corrected chi connectivity index (χ1v) is 21.5. The number of cyclic esters (lactones) is 1. The predicted octanol–water partition coefficient (Wildman–Crippen LogP) is 2.32. The van der Waals surface area contributed by atoms with E-state index in [-0.39, 0.29) is 28.8 Å². The van der Waals surface area contributed by atoms with Crippen LogP contribution in [0.3, 0.4) is 0 Å². The summed E-state index contributed by atoms with van der Waals surface area (Å²) < 4.78 is 71.4. The minimum Gasteiger partial charge on any atom is -0.472 e. The largest absolute Gasteiger partial charge is 0.472 e. The van der Waals surface area contributed by atoms with E-state index in [1.165, 1.54) is 37.4 Å². The monoisotopic (exact) mass is 967 g/mol. The van der Waals surface area contributed by atoms with Gasteiger partial charge < -0.3 is 61.3 Å². The number of aliphatic hydroxyl groups is 1. The van der Waals surface area contributed by atoms with Gasteiger partial charge in [0.1, 0.15) is 54.6 Å². The summed E-state index contributed by atoms with van der Waals surface area (Å²) in [6.45, 7) is 6.17. The molecule has 370 valence electrons. The number of pyridine rings is 1. The van der Waals surface area contributed by atoms with E-state index >= 15 is 4.79 Å². The number of esters is 9. The van der Waals surface area contributed by atoms with Gasteiger partial charge in [-0.25, -0.2) is 19.2 Å². The minimum absolute atomic E-state index is 0.0315. The Morgan fingerprint density at radius 3 is 1.88 bits per heavy atom. The van der Waals surface area contributed by atoms with Crippen LogP contribution in [0.5, 0.6) is 0 Å². The summed E-state index contributed by atoms with van der Waals surface area (Å²) in [5.41, 5.74) is -14.0. The number of aromatic nitrogens is 1. The Morgan fingerprint density at radius 1 is 0.739 bits per heavy atom. The minimum atomic E-state index is -3.08. The third-order valence-electron chi connectivity index (χ3n) is 13.0. The molecule has 3 aromatic rings. The van der Waals surface area contributed by atoms with E-state index in [9.17, 15) is 43.5 Å². The van der Waals surface area contributed by atoms with Crippen LogP contribution in [-0.2, 0) is 82.6 Å². The lowest BCUT2D eigenvalue weighted by Crippen LogP contribution is -2.89. The smallest absolute Gasteiger partial charge is 0.350 e. The summed E-state index contributed by atoms with van der Waals surface area (Å²) in [6, 6.07) is 5.19. The van der Waals surface area contributed by atoms with Gasteiger partial charge >= 0.3 is 53.7 Å². The van der Waals surface area contributed by atoms with Crippen molar-refractivity contribution < 1.29 is 104 Å². The fraction of sp³-hybridized carbons (Fsp3) is 0.522. The van der Waals surface area contributed by atoms with Crippen molar-refractivity contribution >= 4 is 53.7 Å². The van der Waals surface area contributed by atoms with Crippen molar-refractivity contribution in [1.82, 2.24) is 4.98 Å². The number of carbonyl (C=O) groups excluding carboxylic acids is 9. The molecule has 4 aliphatic rings. The lowest BCUT2D eigenvalue weighted by atomic mass is 9.45. The molecule has 2 aliphatic heterocycles. The van der Waals surface area contributed by atoms with Gasteiger partial charge in [0, 0.05) is 47.2 Å². The number of carbonyl (C=O) groups is 9. The number of hydrogen-bond donors (Lipinski definition) is 1. The third kappa shape index (κ3) is 8.57. The molecule has 1 N–H and O–H groups in total. The molecule has 23 nitrogen and oxygen atoms in total. The molecule has 1 saturated heterocycles. The Balaban J connectivity index is 1.61. The van der Waals surface area contributed by atoms with Crippen molar-refractivity contribution in [1.29, 1.82) is 0 Å². The quantitative estimate of drug-likeness (QED) is 0.225. The van der Waals surface area contributed by atoms with Gasteiger partial charge in [0.2, 0.25) is 5.60 Å². The van der Waals surface area contributed by atoms with Crippen LogP contribution in [-0.4, -0.2) is 136 Å². The first-order chi connectivity index (χ1) is 32.4. The third-order valence-corrected chi connectivity index (χ3v) is 13.0. The zero-order valence-electron chi connectivity index (χ0n) is 38.5. The van der Waals surface area contributed by atoms with Crippen LogP contribution in [0.4, 0.5) is 0 Å². The van der Waals surface area contributed by atoms with Gasteiger partial charge in [0.25, 0.3) is 0 Å². The summed E-state index contributed by atoms with van der Waals surface area (Å²) in [5.74, 6) is -12.0. The van der Waals surface area contributed by atoms with Crippen molar-refractivity contribution in [2.45, 2.75) is 127 Å². The van der Waals surface area contributed by atoms with E-state index in [4.69, 9.17) is 56.2 Å². The molecule has 23 heteroatoms. The van der Waals surface area contributed by atoms with E-state index in [0.717, 1.165) is 73.5 Å². The Morgan fingerprint density at radius 2 is 1.32 bits per heavy atom. The highest BCUT2D eigenvalue weighted by molar-refractivity contribution is 5.93. The number of fused-ring (bicyclic) bond motifs is 5. The standard InChI is InChI=1S/C46H49NO22/c1-22(48)60-21-45-36(64-25(4)51)32(62-23(2)49)31-34(63-24(3)50)46(45)44(8,57)35(33(37(45)65-26(5)52)66-38(53)27-12-16-58-18-27)67-41(56)42(6,68-39(54)28-13-17-59-19-28)14-11-30-29(10-9-15-47-30)40(55)61-20-43(31,7)69-46/h9-10,12-13,15-19,31-37,57H,11,14,20-21H2,1-8H3/t31-,32?,33+,34-,35+,36-,37+,42-,43+,44+,45-,46+/m1/s1. The fourth-order valence-electron chi connectivity index (χ4n) is 10.3. The zero-order valence-corrected chi connectivity index (χ0v) is 38.5. The molecule has 7 rings (SSSR count). The summed E-state index contributed by atoms with van der Waals surface area (Å²) in [6.07, 6.45) is -8.39. The second-order valence-electron chi connectivity index (χ2n) is 17.7. The summed E-state index contributed by atoms with van der Waals surface area (Å²) in [7, 11) is 0. The number of rotatable bonds is 10. The van der Waals surface area contributed by atoms with Crippen LogP contribution in [0.15, 0.2) is 64.3 Å². The molecule has 0 radical (unpaired) electrons.